The van der Waals surface area contributed by atoms with Crippen molar-refractivity contribution in [1.29, 1.82) is 0 Å². The van der Waals surface area contributed by atoms with Gasteiger partial charge in [0.1, 0.15) is 0 Å². The van der Waals surface area contributed by atoms with E-state index in [1.54, 1.807) is 6.92 Å². The zero-order chi connectivity index (χ0) is 8.81. The third-order valence-corrected chi connectivity index (χ3v) is 1.03. The fraction of sp³-hybridized carbons (Fsp3) is 0.286. The highest BCUT2D eigenvalue weighted by Crippen LogP contribution is 1.94. The molecule has 0 radical (unpaired) electrons. The number of esters is 1. The van der Waals surface area contributed by atoms with Gasteiger partial charge in [0.2, 0.25) is 12.3 Å². The molecule has 0 aliphatic rings. The highest BCUT2D eigenvalue weighted by atomic mass is 16.5. The fourth-order valence-corrected chi connectivity index (χ4v) is 0.584. The van der Waals surface area contributed by atoms with Crippen LogP contribution in [0.15, 0.2) is 16.9 Å². The van der Waals surface area contributed by atoms with Crippen LogP contribution in [0, 0.1) is 0 Å². The lowest BCUT2D eigenvalue weighted by atomic mass is 10.5. The van der Waals surface area contributed by atoms with Crippen molar-refractivity contribution >= 4 is 12.0 Å². The summed E-state index contributed by atoms with van der Waals surface area (Å²) in [5.41, 5.74) is 0. The van der Waals surface area contributed by atoms with Gasteiger partial charge in [-0.15, -0.1) is 10.2 Å². The Morgan fingerprint density at radius 2 is 2.67 bits per heavy atom. The molecule has 0 aromatic carbocycles. The Labute approximate surface area is 69.0 Å². The molecule has 1 aromatic heterocycles. The number of nitrogens with zero attached hydrogens (tertiary/aromatic N) is 2. The van der Waals surface area contributed by atoms with Crippen molar-refractivity contribution in [3.8, 4) is 0 Å². The third-order valence-electron chi connectivity index (χ3n) is 1.03. The van der Waals surface area contributed by atoms with Crippen molar-refractivity contribution < 1.29 is 13.9 Å². The molecule has 0 spiro atoms. The van der Waals surface area contributed by atoms with Gasteiger partial charge < -0.3 is 9.15 Å². The second-order valence-electron chi connectivity index (χ2n) is 1.86. The van der Waals surface area contributed by atoms with Gasteiger partial charge in [0.25, 0.3) is 0 Å². The molecule has 0 amide bonds. The molecule has 5 heteroatoms. The van der Waals surface area contributed by atoms with E-state index in [4.69, 9.17) is 4.42 Å². The summed E-state index contributed by atoms with van der Waals surface area (Å²) in [6.45, 7) is 2.09. The largest absolute Gasteiger partial charge is 0.463 e. The van der Waals surface area contributed by atoms with Gasteiger partial charge in [0.15, 0.2) is 0 Å². The van der Waals surface area contributed by atoms with Crippen LogP contribution in [0.25, 0.3) is 6.08 Å². The van der Waals surface area contributed by atoms with Crippen molar-refractivity contribution in [3.63, 3.8) is 0 Å². The van der Waals surface area contributed by atoms with E-state index < -0.39 is 5.97 Å². The van der Waals surface area contributed by atoms with Crippen LogP contribution in [-0.2, 0) is 9.53 Å². The minimum absolute atomic E-state index is 0.281. The van der Waals surface area contributed by atoms with E-state index in [2.05, 4.69) is 14.9 Å². The summed E-state index contributed by atoms with van der Waals surface area (Å²) in [5, 5.41) is 6.96. The SMILES string of the molecule is CCOC(=O)/C=C/c1nnco1. The van der Waals surface area contributed by atoms with Gasteiger partial charge in [-0.2, -0.15) is 0 Å². The second kappa shape index (κ2) is 4.27. The highest BCUT2D eigenvalue weighted by molar-refractivity contribution is 5.86. The number of hydrogen-bond acceptors (Lipinski definition) is 5. The van der Waals surface area contributed by atoms with Crippen LogP contribution < -0.4 is 0 Å². The van der Waals surface area contributed by atoms with Crippen LogP contribution in [0.5, 0.6) is 0 Å². The maximum atomic E-state index is 10.7. The second-order valence-corrected chi connectivity index (χ2v) is 1.86. The quantitative estimate of drug-likeness (QED) is 0.489. The molecular formula is C7H8N2O3. The molecule has 0 aliphatic heterocycles. The van der Waals surface area contributed by atoms with Crippen LogP contribution >= 0.6 is 0 Å². The van der Waals surface area contributed by atoms with Crippen molar-refractivity contribution in [2.45, 2.75) is 6.92 Å². The normalized spacial score (nSPS) is 10.4. The summed E-state index contributed by atoms with van der Waals surface area (Å²) in [7, 11) is 0. The minimum Gasteiger partial charge on any atom is -0.463 e. The number of hydrogen-bond donors (Lipinski definition) is 0. The Hall–Kier alpha value is -1.65. The van der Waals surface area contributed by atoms with E-state index >= 15 is 0 Å². The molecule has 1 rings (SSSR count). The van der Waals surface area contributed by atoms with Gasteiger partial charge in [-0.25, -0.2) is 4.79 Å². The average molecular weight is 168 g/mol. The van der Waals surface area contributed by atoms with Gasteiger partial charge in [-0.3, -0.25) is 0 Å². The van der Waals surface area contributed by atoms with E-state index in [0.717, 1.165) is 0 Å². The van der Waals surface area contributed by atoms with E-state index in [-0.39, 0.29) is 5.89 Å². The first kappa shape index (κ1) is 8.45. The zero-order valence-corrected chi connectivity index (χ0v) is 6.56. The van der Waals surface area contributed by atoms with Gasteiger partial charge in [0.05, 0.1) is 6.61 Å². The Bertz CT molecular complexity index is 266. The van der Waals surface area contributed by atoms with E-state index in [0.29, 0.717) is 6.61 Å². The summed E-state index contributed by atoms with van der Waals surface area (Å²) in [6.07, 6.45) is 3.81. The predicted octanol–water partition coefficient (Wildman–Crippen LogP) is 0.646. The molecule has 0 fully saturated rings. The lowest BCUT2D eigenvalue weighted by Gasteiger charge is -1.92. The van der Waals surface area contributed by atoms with E-state index in [1.807, 2.05) is 0 Å². The Kier molecular flexibility index (Phi) is 3.01. The molecule has 0 saturated heterocycles. The summed E-state index contributed by atoms with van der Waals surface area (Å²) < 4.78 is 9.37. The molecule has 0 unspecified atom stereocenters. The molecule has 64 valence electrons. The molecule has 0 aliphatic carbocycles. The van der Waals surface area contributed by atoms with Gasteiger partial charge in [-0.05, 0) is 6.92 Å². The lowest BCUT2D eigenvalue weighted by molar-refractivity contribution is -0.137. The number of rotatable bonds is 3. The summed E-state index contributed by atoms with van der Waals surface area (Å²) in [6, 6.07) is 0. The van der Waals surface area contributed by atoms with Crippen LogP contribution in [0.3, 0.4) is 0 Å². The first-order valence-electron chi connectivity index (χ1n) is 3.44. The first-order valence-corrected chi connectivity index (χ1v) is 3.44. The summed E-state index contributed by atoms with van der Waals surface area (Å²) in [4.78, 5) is 10.7. The van der Waals surface area contributed by atoms with E-state index in [9.17, 15) is 4.79 Å². The van der Waals surface area contributed by atoms with Gasteiger partial charge in [-0.1, -0.05) is 0 Å². The first-order chi connectivity index (χ1) is 5.83. The van der Waals surface area contributed by atoms with E-state index in [1.165, 1.54) is 18.5 Å². The van der Waals surface area contributed by atoms with Crippen LogP contribution in [0.2, 0.25) is 0 Å². The third kappa shape index (κ3) is 2.53. The van der Waals surface area contributed by atoms with Crippen molar-refractivity contribution in [2.24, 2.45) is 0 Å². The molecule has 5 nitrogen and oxygen atoms in total. The zero-order valence-electron chi connectivity index (χ0n) is 6.56. The molecule has 12 heavy (non-hydrogen) atoms. The van der Waals surface area contributed by atoms with Gasteiger partial charge >= 0.3 is 5.97 Å². The number of aromatic nitrogens is 2. The Morgan fingerprint density at radius 1 is 1.83 bits per heavy atom. The topological polar surface area (TPSA) is 65.2 Å². The molecule has 0 saturated carbocycles. The minimum atomic E-state index is -0.421. The molecule has 1 aromatic rings. The number of ether oxygens (including phenoxy) is 1. The molecule has 0 bridgehead atoms. The predicted molar refractivity (Wildman–Crippen MR) is 40.0 cm³/mol. The molecule has 1 heterocycles. The van der Waals surface area contributed by atoms with Crippen molar-refractivity contribution in [1.82, 2.24) is 10.2 Å². The Balaban J connectivity index is 2.45. The van der Waals surface area contributed by atoms with Crippen molar-refractivity contribution in [3.05, 3.63) is 18.4 Å². The van der Waals surface area contributed by atoms with Crippen LogP contribution in [0.4, 0.5) is 0 Å². The maximum absolute atomic E-state index is 10.7. The number of carbonyl (C=O) groups is 1. The van der Waals surface area contributed by atoms with Crippen LogP contribution in [-0.4, -0.2) is 22.8 Å². The average Bonchev–Trinajstić information content (AvgIpc) is 2.53. The van der Waals surface area contributed by atoms with Crippen LogP contribution in [0.1, 0.15) is 12.8 Å². The Morgan fingerprint density at radius 3 is 3.25 bits per heavy atom. The van der Waals surface area contributed by atoms with Gasteiger partial charge in [0, 0.05) is 12.2 Å². The monoisotopic (exact) mass is 168 g/mol. The fourth-order valence-electron chi connectivity index (χ4n) is 0.584. The highest BCUT2D eigenvalue weighted by Gasteiger charge is 1.95. The molecular weight excluding hydrogens is 160 g/mol. The maximum Gasteiger partial charge on any atom is 0.330 e. The van der Waals surface area contributed by atoms with Crippen molar-refractivity contribution in [2.75, 3.05) is 6.61 Å². The summed E-state index contributed by atoms with van der Waals surface area (Å²) >= 11 is 0. The molecule has 0 atom stereocenters. The summed E-state index contributed by atoms with van der Waals surface area (Å²) in [5.74, 6) is -0.140. The smallest absolute Gasteiger partial charge is 0.330 e. The number of carbonyl (C=O) groups excluding carboxylic acids is 1. The lowest BCUT2D eigenvalue weighted by Crippen LogP contribution is -1.98. The standard InChI is InChI=1S/C7H8N2O3/c1-2-11-7(10)4-3-6-9-8-5-12-6/h3-5H,2H2,1H3/b4-3+. The molecule has 0 N–H and O–H groups in total.